The number of ether oxygens (including phenoxy) is 1. The van der Waals surface area contributed by atoms with E-state index in [1.54, 1.807) is 18.2 Å². The summed E-state index contributed by atoms with van der Waals surface area (Å²) in [4.78, 5) is 12.2. The molecule has 3 rings (SSSR count). The maximum Gasteiger partial charge on any atom is 0.343 e. The van der Waals surface area contributed by atoms with Crippen molar-refractivity contribution in [1.82, 2.24) is 4.31 Å². The molecule has 0 saturated carbocycles. The second-order valence-corrected chi connectivity index (χ2v) is 8.35. The van der Waals surface area contributed by atoms with Crippen LogP contribution in [0, 0.1) is 0 Å². The van der Waals surface area contributed by atoms with Gasteiger partial charge in [-0.3, -0.25) is 0 Å². The molecule has 0 radical (unpaired) electrons. The van der Waals surface area contributed by atoms with Crippen LogP contribution < -0.4 is 4.74 Å². The van der Waals surface area contributed by atoms with Gasteiger partial charge in [0.1, 0.15) is 10.6 Å². The smallest absolute Gasteiger partial charge is 0.343 e. The molecule has 1 aliphatic rings. The number of halogens is 2. The minimum Gasteiger partial charge on any atom is -0.423 e. The topological polar surface area (TPSA) is 63.7 Å². The second kappa shape index (κ2) is 7.33. The van der Waals surface area contributed by atoms with E-state index in [9.17, 15) is 13.2 Å². The Hall–Kier alpha value is -1.60. The lowest BCUT2D eigenvalue weighted by molar-refractivity contribution is 0.0734. The quantitative estimate of drug-likeness (QED) is 0.575. The Morgan fingerprint density at radius 3 is 2.44 bits per heavy atom. The first-order valence-electron chi connectivity index (χ1n) is 7.65. The molecule has 1 heterocycles. The molecule has 1 saturated heterocycles. The number of sulfonamides is 1. The normalized spacial score (nSPS) is 15.3. The fourth-order valence-electron chi connectivity index (χ4n) is 2.59. The lowest BCUT2D eigenvalue weighted by Gasteiger charge is -2.17. The van der Waals surface area contributed by atoms with Crippen LogP contribution in [-0.4, -0.2) is 31.8 Å². The Bertz CT molecular complexity index is 909. The zero-order valence-corrected chi connectivity index (χ0v) is 15.4. The molecule has 0 aromatic heterocycles. The van der Waals surface area contributed by atoms with E-state index < -0.39 is 16.0 Å². The third-order valence-corrected chi connectivity index (χ3v) is 6.47. The molecule has 0 N–H and O–H groups in total. The first-order chi connectivity index (χ1) is 11.9. The zero-order valence-electron chi connectivity index (χ0n) is 13.1. The average molecular weight is 400 g/mol. The SMILES string of the molecule is O=C(Oc1cccc(Cl)c1)c1ccc(Cl)c(S(=O)(=O)N2CCCC2)c1. The highest BCUT2D eigenvalue weighted by Crippen LogP contribution is 2.28. The number of nitrogens with zero attached hydrogens (tertiary/aromatic N) is 1. The van der Waals surface area contributed by atoms with Crippen LogP contribution in [0.2, 0.25) is 10.0 Å². The Morgan fingerprint density at radius 1 is 1.04 bits per heavy atom. The maximum atomic E-state index is 12.7. The summed E-state index contributed by atoms with van der Waals surface area (Å²) < 4.78 is 32.0. The summed E-state index contributed by atoms with van der Waals surface area (Å²) >= 11 is 11.9. The summed E-state index contributed by atoms with van der Waals surface area (Å²) in [6.07, 6.45) is 1.63. The molecular formula is C17H15Cl2NO4S. The van der Waals surface area contributed by atoms with E-state index >= 15 is 0 Å². The predicted octanol–water partition coefficient (Wildman–Crippen LogP) is 4.00. The highest BCUT2D eigenvalue weighted by Gasteiger charge is 2.30. The Balaban J connectivity index is 1.89. The molecule has 0 unspecified atom stereocenters. The summed E-state index contributed by atoms with van der Waals surface area (Å²) in [7, 11) is -3.73. The van der Waals surface area contributed by atoms with Crippen molar-refractivity contribution in [2.75, 3.05) is 13.1 Å². The molecule has 5 nitrogen and oxygen atoms in total. The molecule has 1 fully saturated rings. The molecule has 132 valence electrons. The van der Waals surface area contributed by atoms with Crippen LogP contribution in [0.15, 0.2) is 47.4 Å². The summed E-state index contributed by atoms with van der Waals surface area (Å²) in [5.74, 6) is -0.409. The standard InChI is InChI=1S/C17H15Cl2NO4S/c18-13-4-3-5-14(11-13)24-17(21)12-6-7-15(19)16(10-12)25(22,23)20-8-1-2-9-20/h3-7,10-11H,1-2,8-9H2. The first kappa shape index (κ1) is 18.2. The highest BCUT2D eigenvalue weighted by atomic mass is 35.5. The van der Waals surface area contributed by atoms with Crippen LogP contribution in [0.4, 0.5) is 0 Å². The van der Waals surface area contributed by atoms with Gasteiger partial charge in [0.2, 0.25) is 10.0 Å². The van der Waals surface area contributed by atoms with Crippen LogP contribution in [0.3, 0.4) is 0 Å². The number of carbonyl (C=O) groups excluding carboxylic acids is 1. The average Bonchev–Trinajstić information content (AvgIpc) is 3.10. The van der Waals surface area contributed by atoms with Gasteiger partial charge < -0.3 is 4.74 Å². The van der Waals surface area contributed by atoms with Gasteiger partial charge in [-0.1, -0.05) is 29.3 Å². The number of hydrogen-bond donors (Lipinski definition) is 0. The molecule has 8 heteroatoms. The Labute approximate surface area is 156 Å². The second-order valence-electron chi connectivity index (χ2n) is 5.60. The summed E-state index contributed by atoms with van der Waals surface area (Å²) in [5.41, 5.74) is 0.0992. The minimum atomic E-state index is -3.73. The molecule has 2 aromatic carbocycles. The van der Waals surface area contributed by atoms with Crippen molar-refractivity contribution < 1.29 is 17.9 Å². The first-order valence-corrected chi connectivity index (χ1v) is 9.85. The number of hydrogen-bond acceptors (Lipinski definition) is 4. The van der Waals surface area contributed by atoms with Crippen molar-refractivity contribution in [1.29, 1.82) is 0 Å². The summed E-state index contributed by atoms with van der Waals surface area (Å²) in [6, 6.07) is 10.5. The molecule has 1 aliphatic heterocycles. The van der Waals surface area contributed by atoms with E-state index in [0.717, 1.165) is 12.8 Å². The molecule has 0 atom stereocenters. The maximum absolute atomic E-state index is 12.7. The van der Waals surface area contributed by atoms with E-state index in [-0.39, 0.29) is 21.2 Å². The van der Waals surface area contributed by atoms with E-state index in [0.29, 0.717) is 18.1 Å². The molecule has 0 aliphatic carbocycles. The third kappa shape index (κ3) is 3.98. The molecular weight excluding hydrogens is 385 g/mol. The van der Waals surface area contributed by atoms with Gasteiger partial charge in [0.05, 0.1) is 10.6 Å². The molecule has 2 aromatic rings. The largest absolute Gasteiger partial charge is 0.423 e. The van der Waals surface area contributed by atoms with Gasteiger partial charge in [0.15, 0.2) is 0 Å². The fourth-order valence-corrected chi connectivity index (χ4v) is 4.79. The zero-order chi connectivity index (χ0) is 18.0. The highest BCUT2D eigenvalue weighted by molar-refractivity contribution is 7.89. The van der Waals surface area contributed by atoms with Crippen LogP contribution in [-0.2, 0) is 10.0 Å². The van der Waals surface area contributed by atoms with Crippen LogP contribution in [0.5, 0.6) is 5.75 Å². The van der Waals surface area contributed by atoms with Crippen LogP contribution in [0.1, 0.15) is 23.2 Å². The number of carbonyl (C=O) groups is 1. The summed E-state index contributed by atoms with van der Waals surface area (Å²) in [5, 5.41) is 0.505. The van der Waals surface area contributed by atoms with Gasteiger partial charge in [-0.25, -0.2) is 13.2 Å². The van der Waals surface area contributed by atoms with Gasteiger partial charge >= 0.3 is 5.97 Å². The van der Waals surface area contributed by atoms with Crippen LogP contribution >= 0.6 is 23.2 Å². The number of rotatable bonds is 4. The lowest BCUT2D eigenvalue weighted by atomic mass is 10.2. The van der Waals surface area contributed by atoms with Crippen LogP contribution in [0.25, 0.3) is 0 Å². The Morgan fingerprint density at radius 2 is 1.76 bits per heavy atom. The van der Waals surface area contributed by atoms with Gasteiger partial charge in [0.25, 0.3) is 0 Å². The molecule has 0 amide bonds. The minimum absolute atomic E-state index is 0.0752. The lowest BCUT2D eigenvalue weighted by Crippen LogP contribution is -2.28. The van der Waals surface area contributed by atoms with Gasteiger partial charge in [-0.15, -0.1) is 0 Å². The van der Waals surface area contributed by atoms with Crippen molar-refractivity contribution in [3.63, 3.8) is 0 Å². The fraction of sp³-hybridized carbons (Fsp3) is 0.235. The van der Waals surface area contributed by atoms with E-state index in [4.69, 9.17) is 27.9 Å². The van der Waals surface area contributed by atoms with Gasteiger partial charge in [0, 0.05) is 18.1 Å². The van der Waals surface area contributed by atoms with Crippen molar-refractivity contribution >= 4 is 39.2 Å². The van der Waals surface area contributed by atoms with E-state index in [2.05, 4.69) is 0 Å². The number of benzene rings is 2. The molecule has 0 spiro atoms. The van der Waals surface area contributed by atoms with Gasteiger partial charge in [-0.05, 0) is 49.2 Å². The third-order valence-electron chi connectivity index (χ3n) is 3.86. The van der Waals surface area contributed by atoms with Crippen molar-refractivity contribution in [2.24, 2.45) is 0 Å². The monoisotopic (exact) mass is 399 g/mol. The van der Waals surface area contributed by atoms with Gasteiger partial charge in [-0.2, -0.15) is 4.31 Å². The molecule has 25 heavy (non-hydrogen) atoms. The van der Waals surface area contributed by atoms with Crippen molar-refractivity contribution in [3.05, 3.63) is 58.1 Å². The van der Waals surface area contributed by atoms with Crippen molar-refractivity contribution in [2.45, 2.75) is 17.7 Å². The van der Waals surface area contributed by atoms with E-state index in [1.165, 1.54) is 28.6 Å². The molecule has 0 bridgehead atoms. The Kier molecular flexibility index (Phi) is 5.34. The number of esters is 1. The van der Waals surface area contributed by atoms with Crippen molar-refractivity contribution in [3.8, 4) is 5.75 Å². The predicted molar refractivity (Wildman–Crippen MR) is 95.9 cm³/mol. The summed E-state index contributed by atoms with van der Waals surface area (Å²) in [6.45, 7) is 0.908. The van der Waals surface area contributed by atoms with E-state index in [1.807, 2.05) is 0 Å².